The smallest absolute Gasteiger partial charge is 0.762 e. The molecular formula is C80H111BCl4F4N4O2PRu2+. The van der Waals surface area contributed by atoms with E-state index in [1.807, 2.05) is 85.4 Å². The molecule has 3 saturated carbocycles. The van der Waals surface area contributed by atoms with Gasteiger partial charge in [0.2, 0.25) is 24.1 Å². The van der Waals surface area contributed by atoms with Crippen molar-refractivity contribution in [2.24, 2.45) is 0 Å². The van der Waals surface area contributed by atoms with Crippen LogP contribution in [0.4, 0.5) is 35.7 Å². The van der Waals surface area contributed by atoms with Crippen molar-refractivity contribution in [1.82, 2.24) is 0 Å². The van der Waals surface area contributed by atoms with Crippen LogP contribution in [0.25, 0.3) is 0 Å². The number of hydrogen-bond acceptors (Lipinski definition) is 4. The molecule has 0 bridgehead atoms. The average Bonchev–Trinajstić information content (AvgIpc) is 1.60. The molecule has 0 amide bonds. The van der Waals surface area contributed by atoms with Gasteiger partial charge in [0.05, 0.1) is 17.0 Å². The summed E-state index contributed by atoms with van der Waals surface area (Å²) in [6.45, 7) is 39.6. The van der Waals surface area contributed by atoms with E-state index in [1.54, 1.807) is 96.3 Å². The van der Waals surface area contributed by atoms with Gasteiger partial charge in [-0.1, -0.05) is 65.8 Å². The average molecular weight is 1620 g/mol. The Hall–Kier alpha value is -3.78. The number of anilines is 2. The van der Waals surface area contributed by atoms with Crippen LogP contribution < -0.4 is 24.0 Å². The van der Waals surface area contributed by atoms with Gasteiger partial charge in [0.25, 0.3) is 0 Å². The minimum absolute atomic E-state index is 0. The molecule has 6 aromatic rings. The molecule has 98 heavy (non-hydrogen) atoms. The molecule has 6 aromatic carbocycles. The second-order valence-corrected chi connectivity index (χ2v) is 42.5. The van der Waals surface area contributed by atoms with Crippen LogP contribution in [0.2, 0.25) is 0 Å². The van der Waals surface area contributed by atoms with Crippen molar-refractivity contribution >= 4 is 98.8 Å². The number of rotatable bonds is 13. The fourth-order valence-electron chi connectivity index (χ4n) is 15.3. The minimum atomic E-state index is -3.67. The van der Waals surface area contributed by atoms with Crippen molar-refractivity contribution in [2.75, 3.05) is 29.4 Å². The van der Waals surface area contributed by atoms with Gasteiger partial charge in [-0.2, -0.15) is 6.67 Å². The number of nitrogens with zero attached hydrogens (tertiary/aromatic N) is 4. The summed E-state index contributed by atoms with van der Waals surface area (Å²) in [5, 5.41) is 0. The Morgan fingerprint density at radius 1 is 0.480 bits per heavy atom. The maximum absolute atomic E-state index is 9.67. The maximum Gasteiger partial charge on any atom is 0.762 e. The van der Waals surface area contributed by atoms with E-state index in [0.717, 1.165) is 42.3 Å². The van der Waals surface area contributed by atoms with E-state index in [-0.39, 0.29) is 24.8 Å². The Morgan fingerprint density at radius 2 is 0.776 bits per heavy atom. The summed E-state index contributed by atoms with van der Waals surface area (Å²) in [7, 11) is 19.6. The third-order valence-corrected chi connectivity index (χ3v) is 26.7. The predicted molar refractivity (Wildman–Crippen MR) is 415 cm³/mol. The zero-order valence-electron chi connectivity index (χ0n) is 61.2. The van der Waals surface area contributed by atoms with Gasteiger partial charge < -0.3 is 14.5 Å². The van der Waals surface area contributed by atoms with Gasteiger partial charge in [-0.3, -0.25) is 12.9 Å². The van der Waals surface area contributed by atoms with Crippen LogP contribution in [0.3, 0.4) is 0 Å². The number of ether oxygens (including phenoxy) is 2. The van der Waals surface area contributed by atoms with Gasteiger partial charge >= 0.3 is 209 Å². The Kier molecular flexibility index (Phi) is 37.0. The molecular weight excluding hydrogens is 1510 g/mol. The van der Waals surface area contributed by atoms with Gasteiger partial charge in [-0.15, -0.1) is 9.15 Å². The number of hydrogen-bond donors (Lipinski definition) is 0. The van der Waals surface area contributed by atoms with Crippen molar-refractivity contribution in [3.63, 3.8) is 0 Å². The molecule has 5 aliphatic rings. The van der Waals surface area contributed by atoms with E-state index in [2.05, 4.69) is 170 Å². The molecule has 6 nitrogen and oxygen atoms in total. The molecule has 0 radical (unpaired) electrons. The quantitative estimate of drug-likeness (QED) is 0.0379. The molecule has 0 aromatic heterocycles. The van der Waals surface area contributed by atoms with Crippen LogP contribution in [0, 0.1) is 89.8 Å². The number of para-hydroxylation sites is 2. The topological polar surface area (TPSA) is 31.0 Å². The van der Waals surface area contributed by atoms with Crippen molar-refractivity contribution in [3.8, 4) is 11.5 Å². The van der Waals surface area contributed by atoms with Crippen molar-refractivity contribution in [1.29, 1.82) is 0 Å². The summed E-state index contributed by atoms with van der Waals surface area (Å²) in [5.41, 5.74) is 27.1. The Morgan fingerprint density at radius 3 is 1.08 bits per heavy atom. The van der Waals surface area contributed by atoms with Crippen LogP contribution in [0.1, 0.15) is 202 Å². The van der Waals surface area contributed by atoms with Crippen LogP contribution in [0.5, 0.6) is 11.5 Å². The van der Waals surface area contributed by atoms with Gasteiger partial charge in [0.1, 0.15) is 0 Å². The van der Waals surface area contributed by atoms with Gasteiger partial charge in [-0.05, 0) is 207 Å². The molecule has 0 spiro atoms. The van der Waals surface area contributed by atoms with Crippen molar-refractivity contribution in [3.05, 3.63) is 182 Å². The molecule has 0 N–H and O–H groups in total. The zero-order valence-corrected chi connectivity index (χ0v) is 68.7. The molecule has 542 valence electrons. The molecule has 3 aliphatic carbocycles. The van der Waals surface area contributed by atoms with E-state index in [9.17, 15) is 12.9 Å². The van der Waals surface area contributed by atoms with Crippen molar-refractivity contribution in [2.45, 2.75) is 236 Å². The van der Waals surface area contributed by atoms with Crippen LogP contribution in [0.15, 0.2) is 97.1 Å². The third kappa shape index (κ3) is 27.1. The molecule has 0 unspecified atom stereocenters. The summed E-state index contributed by atoms with van der Waals surface area (Å²) in [5.74, 6) is 1.70. The maximum atomic E-state index is 9.67. The Labute approximate surface area is 615 Å². The third-order valence-electron chi connectivity index (χ3n) is 18.4. The van der Waals surface area contributed by atoms with Gasteiger partial charge in [0, 0.05) is 54.6 Å². The Bertz CT molecular complexity index is 3370. The van der Waals surface area contributed by atoms with E-state index < -0.39 is 34.6 Å². The summed E-state index contributed by atoms with van der Waals surface area (Å²) < 4.78 is 48.7. The zero-order chi connectivity index (χ0) is 71.0. The Balaban J connectivity index is 0.000000221. The fraction of sp³-hybridized carbons (Fsp3) is 0.487. The fourth-order valence-corrected chi connectivity index (χ4v) is 24.2. The van der Waals surface area contributed by atoms with Crippen LogP contribution in [-0.4, -0.2) is 87.3 Å². The standard InChI is InChI=1S/C21H27N2.C21H26N2.C18H33P.2C10H12O.BF3.4ClH.FH.2Ru/c2*1-14-9-16(3)20(17(4)10-14)22-7-8-23(13-22)21-18(5)11-15(2)12-19(21)6;1-4-10-16(11-5-1)19(17-12-6-2-7-13-17)18-14-8-3-9-15-18;2*1-8(2)11-10-7-5-4-6-9(10)3;2-1(3)4;;;;;;;/h9-13H,7-8H2,1-6H3;7,9-13H,8H2,1-6H3;16-18H,1-15H2;2*3-8H,1-2H3;;5*1H;;/q-1;+2;;;;;;;;;;2*+2/p-4. The summed E-state index contributed by atoms with van der Waals surface area (Å²) >= 11 is -3.54. The minimum Gasteiger partial charge on any atom is -1.00 e. The van der Waals surface area contributed by atoms with E-state index in [4.69, 9.17) is 48.2 Å². The summed E-state index contributed by atoms with van der Waals surface area (Å²) in [4.78, 5) is 4.81. The summed E-state index contributed by atoms with van der Waals surface area (Å²) in [6.07, 6.45) is 28.6. The number of halogens is 8. The first-order valence-electron chi connectivity index (χ1n) is 35.0. The van der Waals surface area contributed by atoms with E-state index in [1.165, 1.54) is 106 Å². The molecule has 4 fully saturated rings. The second-order valence-electron chi connectivity index (χ2n) is 27.6. The number of aryl methyl sites for hydroxylation is 12. The predicted octanol–water partition coefficient (Wildman–Crippen LogP) is 20.8. The second kappa shape index (κ2) is 42.7. The molecule has 2 heterocycles. The van der Waals surface area contributed by atoms with Gasteiger partial charge in [-0.25, -0.2) is 0 Å². The van der Waals surface area contributed by atoms with E-state index in [0.29, 0.717) is 0 Å². The molecule has 1 saturated heterocycles. The first-order chi connectivity index (χ1) is 46.1. The largest absolute Gasteiger partial charge is 1.00 e. The molecule has 2 aliphatic heterocycles. The monoisotopic (exact) mass is 1620 g/mol. The number of benzene rings is 6. The van der Waals surface area contributed by atoms with E-state index >= 15 is 0 Å². The normalized spacial score (nSPS) is 15.9. The molecule has 0 atom stereocenters. The van der Waals surface area contributed by atoms with Crippen LogP contribution >= 0.6 is 46.7 Å². The SMILES string of the molecule is C1CCC([PH+](C2CCCCC2)C2CCCCC2)CC1.CC(C)Oc1ccccc1[CH]=[Ru]([Cl])[Cl].CC(C)Oc1ccccc1[CH]=[Ru]([Cl])[Cl].Cc1cc(C)c(N2[CH-]N(c3c(C)cc(C)cc3C)CC2)c(C)c1.Cc1cc(C)c([N+]2=CC[N+](c3c(C)cc(C)cc3C)=C2)c(C)c1.FB(F)F.[F-]. The first kappa shape index (κ1) is 84.9. The van der Waals surface area contributed by atoms with Crippen LogP contribution in [-0.2, 0) is 27.0 Å². The summed E-state index contributed by atoms with van der Waals surface area (Å²) in [6, 6.07) is 33.7. The molecule has 18 heteroatoms. The first-order valence-corrected chi connectivity index (χ1v) is 47.7. The molecule has 11 rings (SSSR count). The van der Waals surface area contributed by atoms with Gasteiger partial charge in [0.15, 0.2) is 0 Å². The van der Waals surface area contributed by atoms with Crippen molar-refractivity contribution < 1.29 is 63.3 Å².